The molecule has 0 spiro atoms. The van der Waals surface area contributed by atoms with E-state index in [1.165, 1.54) is 4.90 Å². The zero-order valence-corrected chi connectivity index (χ0v) is 17.9. The molecule has 1 aromatic carbocycles. The predicted octanol–water partition coefficient (Wildman–Crippen LogP) is 2.77. The van der Waals surface area contributed by atoms with Gasteiger partial charge in [0.2, 0.25) is 0 Å². The number of Topliss-reactive ketones (excluding diaryl/α,β-unsaturated/α-hetero) is 1. The lowest BCUT2D eigenvalue weighted by atomic mass is 9.95. The van der Waals surface area contributed by atoms with Crippen LogP contribution < -0.4 is 0 Å². The molecule has 0 unspecified atom stereocenters. The molecule has 3 rings (SSSR count). The molecular formula is C20H23BrN4O3. The van der Waals surface area contributed by atoms with Gasteiger partial charge >= 0.3 is 0 Å². The van der Waals surface area contributed by atoms with Crippen molar-refractivity contribution in [2.24, 2.45) is 0 Å². The molecule has 0 radical (unpaired) electrons. The second kappa shape index (κ2) is 7.89. The van der Waals surface area contributed by atoms with Gasteiger partial charge in [-0.05, 0) is 45.6 Å². The Labute approximate surface area is 172 Å². The fourth-order valence-electron chi connectivity index (χ4n) is 3.48. The largest absolute Gasteiger partial charge is 0.507 e. The van der Waals surface area contributed by atoms with E-state index in [-0.39, 0.29) is 11.3 Å². The van der Waals surface area contributed by atoms with Crippen molar-refractivity contribution < 1.29 is 14.7 Å². The van der Waals surface area contributed by atoms with Crippen molar-refractivity contribution in [3.05, 3.63) is 56.8 Å². The minimum Gasteiger partial charge on any atom is -0.507 e. The highest BCUT2D eigenvalue weighted by molar-refractivity contribution is 9.10. The lowest BCUT2D eigenvalue weighted by molar-refractivity contribution is -0.140. The lowest BCUT2D eigenvalue weighted by Crippen LogP contribution is -2.35. The quantitative estimate of drug-likeness (QED) is 0.418. The summed E-state index contributed by atoms with van der Waals surface area (Å²) in [4.78, 5) is 29.2. The number of likely N-dealkylation sites (tertiary alicyclic amines) is 1. The second-order valence-electron chi connectivity index (χ2n) is 7.16. The number of nitrogens with zero attached hydrogens (tertiary/aromatic N) is 3. The highest BCUT2D eigenvalue weighted by atomic mass is 79.9. The highest BCUT2D eigenvalue weighted by Crippen LogP contribution is 2.40. The topological polar surface area (TPSA) is 89.5 Å². The third-order valence-corrected chi connectivity index (χ3v) is 5.35. The number of aliphatic hydroxyl groups excluding tert-OH is 1. The molecule has 0 saturated carbocycles. The van der Waals surface area contributed by atoms with Crippen LogP contribution in [0.3, 0.4) is 0 Å². The van der Waals surface area contributed by atoms with Gasteiger partial charge in [0, 0.05) is 23.3 Å². The molecule has 1 fully saturated rings. The number of aromatic nitrogens is 2. The summed E-state index contributed by atoms with van der Waals surface area (Å²) in [6, 6.07) is 6.78. The van der Waals surface area contributed by atoms with Crippen molar-refractivity contribution in [2.75, 3.05) is 27.2 Å². The first-order valence-electron chi connectivity index (χ1n) is 8.93. The molecule has 7 nitrogen and oxygen atoms in total. The van der Waals surface area contributed by atoms with E-state index in [1.807, 2.05) is 43.3 Å². The third-order valence-electron chi connectivity index (χ3n) is 4.86. The van der Waals surface area contributed by atoms with E-state index in [1.54, 1.807) is 13.8 Å². The number of aryl methyl sites for hydroxylation is 2. The molecule has 0 bridgehead atoms. The number of benzene rings is 1. The number of aliphatic hydroxyl groups is 1. The van der Waals surface area contributed by atoms with Crippen LogP contribution >= 0.6 is 15.9 Å². The first-order valence-corrected chi connectivity index (χ1v) is 9.72. The maximum atomic E-state index is 12.9. The first-order chi connectivity index (χ1) is 13.2. The van der Waals surface area contributed by atoms with Crippen molar-refractivity contribution >= 4 is 33.4 Å². The fourth-order valence-corrected chi connectivity index (χ4v) is 3.89. The number of ketones is 1. The number of hydrogen-bond donors (Lipinski definition) is 2. The summed E-state index contributed by atoms with van der Waals surface area (Å²) in [5.74, 6) is -1.48. The van der Waals surface area contributed by atoms with Gasteiger partial charge in [-0.2, -0.15) is 5.10 Å². The van der Waals surface area contributed by atoms with Gasteiger partial charge in [-0.25, -0.2) is 0 Å². The Kier molecular flexibility index (Phi) is 5.71. The molecule has 1 aliphatic heterocycles. The third kappa shape index (κ3) is 3.62. The zero-order chi connectivity index (χ0) is 20.6. The number of carbonyl (C=O) groups is 2. The van der Waals surface area contributed by atoms with Crippen molar-refractivity contribution in [2.45, 2.75) is 19.9 Å². The minimum absolute atomic E-state index is 0.0921. The molecular weight excluding hydrogens is 424 g/mol. The van der Waals surface area contributed by atoms with Gasteiger partial charge in [-0.15, -0.1) is 0 Å². The monoisotopic (exact) mass is 446 g/mol. The normalized spacial score (nSPS) is 19.1. The highest BCUT2D eigenvalue weighted by Gasteiger charge is 2.46. The number of halogens is 1. The van der Waals surface area contributed by atoms with Crippen LogP contribution in [0.1, 0.15) is 28.6 Å². The molecule has 8 heteroatoms. The summed E-state index contributed by atoms with van der Waals surface area (Å²) in [5.41, 5.74) is 2.53. The molecule has 1 aromatic heterocycles. The Balaban J connectivity index is 2.20. The minimum atomic E-state index is -0.679. The van der Waals surface area contributed by atoms with Crippen molar-refractivity contribution in [3.8, 4) is 0 Å². The van der Waals surface area contributed by atoms with E-state index in [0.717, 1.165) is 10.0 Å². The maximum Gasteiger partial charge on any atom is 0.295 e. The SMILES string of the molecule is Cc1n[nH]c(C)c1/C(O)=C1\C(=O)C(=O)N(CCN(C)C)[C@@H]1c1cccc(Br)c1. The number of hydrogen-bond acceptors (Lipinski definition) is 5. The van der Waals surface area contributed by atoms with Crippen LogP contribution in [-0.2, 0) is 9.59 Å². The van der Waals surface area contributed by atoms with Crippen molar-refractivity contribution in [3.63, 3.8) is 0 Å². The zero-order valence-electron chi connectivity index (χ0n) is 16.3. The Morgan fingerprint density at radius 2 is 2.04 bits per heavy atom. The van der Waals surface area contributed by atoms with Crippen LogP contribution in [0.2, 0.25) is 0 Å². The average Bonchev–Trinajstić information content (AvgIpc) is 3.09. The molecule has 2 aromatic rings. The molecule has 1 saturated heterocycles. The van der Waals surface area contributed by atoms with Gasteiger partial charge < -0.3 is 14.9 Å². The summed E-state index contributed by atoms with van der Waals surface area (Å²) >= 11 is 3.45. The number of nitrogens with one attached hydrogen (secondary N) is 1. The van der Waals surface area contributed by atoms with Crippen LogP contribution in [0.4, 0.5) is 0 Å². The number of H-pyrrole nitrogens is 1. The van der Waals surface area contributed by atoms with E-state index in [2.05, 4.69) is 26.1 Å². The van der Waals surface area contributed by atoms with E-state index in [0.29, 0.717) is 30.0 Å². The number of amides is 1. The Hall–Kier alpha value is -2.45. The number of rotatable bonds is 5. The summed E-state index contributed by atoms with van der Waals surface area (Å²) in [5, 5.41) is 18.0. The van der Waals surface area contributed by atoms with Gasteiger partial charge in [-0.3, -0.25) is 14.7 Å². The van der Waals surface area contributed by atoms with Gasteiger partial charge in [0.05, 0.1) is 22.9 Å². The summed E-state index contributed by atoms with van der Waals surface area (Å²) in [6.07, 6.45) is 0. The summed E-state index contributed by atoms with van der Waals surface area (Å²) in [6.45, 7) is 4.48. The van der Waals surface area contributed by atoms with E-state index >= 15 is 0 Å². The molecule has 1 atom stereocenters. The smallest absolute Gasteiger partial charge is 0.295 e. The van der Waals surface area contributed by atoms with Gasteiger partial charge in [0.1, 0.15) is 5.76 Å². The summed E-state index contributed by atoms with van der Waals surface area (Å²) in [7, 11) is 3.81. The maximum absolute atomic E-state index is 12.9. The van der Waals surface area contributed by atoms with Crippen LogP contribution in [0.15, 0.2) is 34.3 Å². The van der Waals surface area contributed by atoms with Crippen molar-refractivity contribution in [1.29, 1.82) is 0 Å². The Morgan fingerprint density at radius 1 is 1.32 bits per heavy atom. The molecule has 2 heterocycles. The van der Waals surface area contributed by atoms with E-state index < -0.39 is 17.7 Å². The molecule has 0 aliphatic carbocycles. The molecule has 2 N–H and O–H groups in total. The van der Waals surface area contributed by atoms with E-state index in [9.17, 15) is 14.7 Å². The van der Waals surface area contributed by atoms with Gasteiger partial charge in [0.25, 0.3) is 11.7 Å². The van der Waals surface area contributed by atoms with Crippen molar-refractivity contribution in [1.82, 2.24) is 20.0 Å². The molecule has 148 valence electrons. The van der Waals surface area contributed by atoms with E-state index in [4.69, 9.17) is 0 Å². The van der Waals surface area contributed by atoms with Crippen LogP contribution in [0, 0.1) is 13.8 Å². The van der Waals surface area contributed by atoms with Gasteiger partial charge in [0.15, 0.2) is 0 Å². The van der Waals surface area contributed by atoms with Crippen LogP contribution in [0.5, 0.6) is 0 Å². The number of likely N-dealkylation sites (N-methyl/N-ethyl adjacent to an activating group) is 1. The Morgan fingerprint density at radius 3 is 2.61 bits per heavy atom. The first kappa shape index (κ1) is 20.3. The standard InChI is InChI=1S/C20H23BrN4O3/c1-11-15(12(2)23-22-11)18(26)16-17(13-6-5-7-14(21)10-13)25(9-8-24(3)4)20(28)19(16)27/h5-7,10,17,26H,8-9H2,1-4H3,(H,22,23)/b18-16+/t17-/m1/s1. The fraction of sp³-hybridized carbons (Fsp3) is 0.350. The average molecular weight is 447 g/mol. The Bertz CT molecular complexity index is 945. The molecule has 28 heavy (non-hydrogen) atoms. The molecule has 1 aliphatic rings. The van der Waals surface area contributed by atoms with Gasteiger partial charge in [-0.1, -0.05) is 28.1 Å². The second-order valence-corrected chi connectivity index (χ2v) is 8.08. The number of aromatic amines is 1. The van der Waals surface area contributed by atoms with Crippen LogP contribution in [0.25, 0.3) is 5.76 Å². The number of carbonyl (C=O) groups excluding carboxylic acids is 2. The van der Waals surface area contributed by atoms with Crippen LogP contribution in [-0.4, -0.2) is 64.0 Å². The lowest BCUT2D eigenvalue weighted by Gasteiger charge is -2.26. The predicted molar refractivity (Wildman–Crippen MR) is 110 cm³/mol. The summed E-state index contributed by atoms with van der Waals surface area (Å²) < 4.78 is 0.832. The molecule has 1 amide bonds.